The van der Waals surface area contributed by atoms with Gasteiger partial charge in [0.25, 0.3) is 0 Å². The van der Waals surface area contributed by atoms with Crippen LogP contribution in [0.2, 0.25) is 0 Å². The summed E-state index contributed by atoms with van der Waals surface area (Å²) >= 11 is 4.76. The second-order valence-electron chi connectivity index (χ2n) is 2.41. The molecule has 1 nitrogen and oxygen atoms in total. The first kappa shape index (κ1) is 9.57. The normalized spacial score (nSPS) is 11.5. The van der Waals surface area contributed by atoms with Crippen molar-refractivity contribution in [2.45, 2.75) is 8.48 Å². The van der Waals surface area contributed by atoms with Crippen LogP contribution in [0.1, 0.15) is 6.92 Å². The maximum atomic E-state index is 3.95. The molecule has 1 heterocycles. The van der Waals surface area contributed by atoms with Gasteiger partial charge in [0.2, 0.25) is 0 Å². The molecular weight excluding hydrogens is 364 g/mol. The number of hydrogen-bond acceptors (Lipinski definition) is 0. The van der Waals surface area contributed by atoms with Crippen LogP contribution in [0.15, 0.2) is 36.7 Å². The quantitative estimate of drug-likeness (QED) is 0.425. The fourth-order valence-electron chi connectivity index (χ4n) is 0.742. The lowest BCUT2D eigenvalue weighted by Gasteiger charge is -2.22. The van der Waals surface area contributed by atoms with Gasteiger partial charge in [-0.1, -0.05) is 6.58 Å². The van der Waals surface area contributed by atoms with Crippen LogP contribution in [0.5, 0.6) is 0 Å². The van der Waals surface area contributed by atoms with Gasteiger partial charge in [-0.05, 0) is 69.8 Å². The third-order valence-electron chi connectivity index (χ3n) is 1.44. The highest BCUT2D eigenvalue weighted by molar-refractivity contribution is 14.2. The summed E-state index contributed by atoms with van der Waals surface area (Å²) < 4.78 is 2.12. The standard InChI is InChI=1S/C8H9I2N/c1-7(2)8(9,10)11-5-3-4-6-11/h3-6H,1H2,2H3. The van der Waals surface area contributed by atoms with Gasteiger partial charge < -0.3 is 4.57 Å². The molecule has 0 saturated heterocycles. The van der Waals surface area contributed by atoms with E-state index < -0.39 is 0 Å². The van der Waals surface area contributed by atoms with E-state index in [1.54, 1.807) is 0 Å². The van der Waals surface area contributed by atoms with Gasteiger partial charge >= 0.3 is 0 Å². The molecule has 0 aromatic carbocycles. The number of halogens is 2. The molecule has 0 N–H and O–H groups in total. The smallest absolute Gasteiger partial charge is 0.167 e. The first-order chi connectivity index (χ1) is 5.05. The summed E-state index contributed by atoms with van der Waals surface area (Å²) in [5.74, 6) is 0. The van der Waals surface area contributed by atoms with Gasteiger partial charge in [-0.2, -0.15) is 0 Å². The molecule has 0 aliphatic heterocycles. The minimum atomic E-state index is -0.0149. The van der Waals surface area contributed by atoms with Crippen molar-refractivity contribution in [1.29, 1.82) is 0 Å². The van der Waals surface area contributed by atoms with Gasteiger partial charge in [0.1, 0.15) is 0 Å². The molecule has 60 valence electrons. The van der Waals surface area contributed by atoms with Crippen LogP contribution in [0.25, 0.3) is 0 Å². The number of rotatable bonds is 2. The Morgan fingerprint density at radius 3 is 2.18 bits per heavy atom. The van der Waals surface area contributed by atoms with Crippen LogP contribution in [0, 0.1) is 0 Å². The Labute approximate surface area is 94.1 Å². The van der Waals surface area contributed by atoms with Crippen LogP contribution >= 0.6 is 45.2 Å². The average Bonchev–Trinajstić information content (AvgIpc) is 2.37. The number of alkyl halides is 2. The molecule has 0 atom stereocenters. The molecule has 0 fully saturated rings. The van der Waals surface area contributed by atoms with Crippen LogP contribution < -0.4 is 0 Å². The van der Waals surface area contributed by atoms with Crippen molar-refractivity contribution < 1.29 is 0 Å². The summed E-state index contributed by atoms with van der Waals surface area (Å²) in [6.07, 6.45) is 4.10. The van der Waals surface area contributed by atoms with Crippen molar-refractivity contribution in [2.75, 3.05) is 0 Å². The first-order valence-corrected chi connectivity index (χ1v) is 5.38. The fraction of sp³-hybridized carbons (Fsp3) is 0.250. The largest absolute Gasteiger partial charge is 0.328 e. The molecule has 1 aromatic rings. The van der Waals surface area contributed by atoms with E-state index >= 15 is 0 Å². The first-order valence-electron chi connectivity index (χ1n) is 3.22. The molecule has 0 aliphatic carbocycles. The molecule has 0 unspecified atom stereocenters. The van der Waals surface area contributed by atoms with Crippen LogP contribution in [0.4, 0.5) is 0 Å². The lowest BCUT2D eigenvalue weighted by molar-refractivity contribution is 0.773. The molecule has 11 heavy (non-hydrogen) atoms. The van der Waals surface area contributed by atoms with E-state index in [4.69, 9.17) is 0 Å². The fourth-order valence-corrected chi connectivity index (χ4v) is 1.39. The van der Waals surface area contributed by atoms with Gasteiger partial charge in [-0.15, -0.1) is 0 Å². The minimum absolute atomic E-state index is 0.0149. The highest BCUT2D eigenvalue weighted by atomic mass is 127. The Morgan fingerprint density at radius 2 is 1.82 bits per heavy atom. The summed E-state index contributed by atoms with van der Waals surface area (Å²) in [6.45, 7) is 5.99. The molecule has 0 spiro atoms. The van der Waals surface area contributed by atoms with Gasteiger partial charge in [0.05, 0.1) is 0 Å². The zero-order valence-corrected chi connectivity index (χ0v) is 10.5. The van der Waals surface area contributed by atoms with Crippen molar-refractivity contribution in [2.24, 2.45) is 0 Å². The predicted octanol–water partition coefficient (Wildman–Crippen LogP) is 3.54. The van der Waals surface area contributed by atoms with E-state index in [9.17, 15) is 0 Å². The Balaban J connectivity index is 3.00. The van der Waals surface area contributed by atoms with Gasteiger partial charge in [0.15, 0.2) is 1.55 Å². The second kappa shape index (κ2) is 3.47. The average molecular weight is 373 g/mol. The van der Waals surface area contributed by atoms with Crippen LogP contribution in [0.3, 0.4) is 0 Å². The van der Waals surface area contributed by atoms with E-state index in [1.807, 2.05) is 31.5 Å². The topological polar surface area (TPSA) is 4.93 Å². The van der Waals surface area contributed by atoms with Crippen molar-refractivity contribution in [3.05, 3.63) is 36.7 Å². The highest BCUT2D eigenvalue weighted by Crippen LogP contribution is 2.39. The second-order valence-corrected chi connectivity index (χ2v) is 7.60. The van der Waals surface area contributed by atoms with E-state index in [0.29, 0.717) is 0 Å². The monoisotopic (exact) mass is 373 g/mol. The summed E-state index contributed by atoms with van der Waals surface area (Å²) in [5, 5.41) is 0. The van der Waals surface area contributed by atoms with E-state index in [1.165, 1.54) is 0 Å². The van der Waals surface area contributed by atoms with Crippen LogP contribution in [-0.2, 0) is 1.55 Å². The third kappa shape index (κ3) is 1.99. The Hall–Kier alpha value is 0.480. The zero-order chi connectivity index (χ0) is 8.48. The van der Waals surface area contributed by atoms with Crippen LogP contribution in [-0.4, -0.2) is 4.57 Å². The van der Waals surface area contributed by atoms with E-state index in [-0.39, 0.29) is 1.55 Å². The molecule has 0 radical (unpaired) electrons. The maximum Gasteiger partial charge on any atom is 0.167 e. The Kier molecular flexibility index (Phi) is 3.02. The molecule has 1 aromatic heterocycles. The number of nitrogens with zero attached hydrogens (tertiary/aromatic N) is 1. The summed E-state index contributed by atoms with van der Waals surface area (Å²) in [7, 11) is 0. The van der Waals surface area contributed by atoms with Crippen molar-refractivity contribution in [3.63, 3.8) is 0 Å². The van der Waals surface area contributed by atoms with Crippen molar-refractivity contribution in [3.8, 4) is 0 Å². The van der Waals surface area contributed by atoms with Gasteiger partial charge in [0, 0.05) is 12.4 Å². The molecule has 3 heteroatoms. The van der Waals surface area contributed by atoms with Crippen molar-refractivity contribution in [1.82, 2.24) is 4.57 Å². The molecule has 0 bridgehead atoms. The lowest BCUT2D eigenvalue weighted by atomic mass is 10.3. The molecule has 0 saturated carbocycles. The third-order valence-corrected chi connectivity index (χ3v) is 4.40. The molecule has 0 amide bonds. The zero-order valence-electron chi connectivity index (χ0n) is 6.22. The highest BCUT2D eigenvalue weighted by Gasteiger charge is 2.23. The van der Waals surface area contributed by atoms with E-state index in [0.717, 1.165) is 5.57 Å². The lowest BCUT2D eigenvalue weighted by Crippen LogP contribution is -2.17. The number of allylic oxidation sites excluding steroid dienone is 1. The predicted molar refractivity (Wildman–Crippen MR) is 65.3 cm³/mol. The Morgan fingerprint density at radius 1 is 1.36 bits per heavy atom. The van der Waals surface area contributed by atoms with E-state index in [2.05, 4.69) is 56.3 Å². The summed E-state index contributed by atoms with van der Waals surface area (Å²) in [4.78, 5) is 0. The molecular formula is C8H9I2N. The number of aromatic nitrogens is 1. The van der Waals surface area contributed by atoms with Crippen molar-refractivity contribution >= 4 is 45.2 Å². The molecule has 1 rings (SSSR count). The minimum Gasteiger partial charge on any atom is -0.328 e. The summed E-state index contributed by atoms with van der Waals surface area (Å²) in [6, 6.07) is 4.05. The summed E-state index contributed by atoms with van der Waals surface area (Å²) in [5.41, 5.74) is 1.15. The van der Waals surface area contributed by atoms with Gasteiger partial charge in [-0.3, -0.25) is 0 Å². The maximum absolute atomic E-state index is 3.95. The molecule has 0 aliphatic rings. The SMILES string of the molecule is C=C(C)C(I)(I)n1cccc1. The Bertz CT molecular complexity index is 249. The number of hydrogen-bond donors (Lipinski definition) is 0. The van der Waals surface area contributed by atoms with Gasteiger partial charge in [-0.25, -0.2) is 0 Å².